The number of amides is 1. The summed E-state index contributed by atoms with van der Waals surface area (Å²) in [6, 6.07) is 7.38. The maximum Gasteiger partial charge on any atom is 0.573 e. The van der Waals surface area contributed by atoms with Crippen LogP contribution in [0.5, 0.6) is 5.75 Å². The van der Waals surface area contributed by atoms with Crippen LogP contribution in [0.15, 0.2) is 41.3 Å². The van der Waals surface area contributed by atoms with E-state index in [0.717, 1.165) is 12.1 Å². The van der Waals surface area contributed by atoms with Crippen molar-refractivity contribution < 1.29 is 22.7 Å². The van der Waals surface area contributed by atoms with Crippen LogP contribution < -0.4 is 10.1 Å². The first kappa shape index (κ1) is 22.5. The minimum Gasteiger partial charge on any atom is -0.406 e. The molecule has 2 heterocycles. The molecule has 0 aliphatic carbocycles. The van der Waals surface area contributed by atoms with Gasteiger partial charge in [-0.3, -0.25) is 4.79 Å². The third kappa shape index (κ3) is 5.71. The molecule has 1 atom stereocenters. The lowest BCUT2D eigenvalue weighted by molar-refractivity contribution is -0.274. The molecular weight excluding hydrogens is 505 g/mol. The SMILES string of the molecule is CC(NC(=O)c1cc(Cl)cc(OC(F)(F)F)c1)c1nc(Br)nn1-c1ccc(C#N)cn1. The molecule has 31 heavy (non-hydrogen) atoms. The van der Waals surface area contributed by atoms with E-state index in [0.29, 0.717) is 11.4 Å². The van der Waals surface area contributed by atoms with Crippen molar-refractivity contribution >= 4 is 33.4 Å². The average molecular weight is 516 g/mol. The molecule has 1 amide bonds. The molecule has 2 aromatic heterocycles. The Morgan fingerprint density at radius 1 is 1.35 bits per heavy atom. The molecule has 3 rings (SSSR count). The summed E-state index contributed by atoms with van der Waals surface area (Å²) in [5, 5.41) is 15.6. The van der Waals surface area contributed by atoms with Gasteiger partial charge < -0.3 is 10.1 Å². The third-order valence-electron chi connectivity index (χ3n) is 3.80. The van der Waals surface area contributed by atoms with Gasteiger partial charge in [0, 0.05) is 16.8 Å². The molecule has 0 spiro atoms. The molecule has 0 fully saturated rings. The van der Waals surface area contributed by atoms with Gasteiger partial charge in [-0.1, -0.05) is 11.6 Å². The van der Waals surface area contributed by atoms with Gasteiger partial charge >= 0.3 is 6.36 Å². The number of nitrogens with zero attached hydrogens (tertiary/aromatic N) is 5. The summed E-state index contributed by atoms with van der Waals surface area (Å²) >= 11 is 8.98. The van der Waals surface area contributed by atoms with Gasteiger partial charge in [-0.2, -0.15) is 9.94 Å². The van der Waals surface area contributed by atoms with E-state index in [4.69, 9.17) is 16.9 Å². The van der Waals surface area contributed by atoms with Gasteiger partial charge in [-0.05, 0) is 53.2 Å². The first-order chi connectivity index (χ1) is 14.6. The Kier molecular flexibility index (Phi) is 6.47. The fourth-order valence-electron chi connectivity index (χ4n) is 2.56. The number of benzene rings is 1. The fraction of sp³-hybridized carbons (Fsp3) is 0.167. The Bertz CT molecular complexity index is 1160. The number of carbonyl (C=O) groups excluding carboxylic acids is 1. The first-order valence-electron chi connectivity index (χ1n) is 8.42. The molecular formula is C18H11BrClF3N6O2. The third-order valence-corrected chi connectivity index (χ3v) is 4.36. The zero-order valence-electron chi connectivity index (χ0n) is 15.5. The van der Waals surface area contributed by atoms with Crippen molar-refractivity contribution in [2.75, 3.05) is 0 Å². The van der Waals surface area contributed by atoms with E-state index >= 15 is 0 Å². The number of hydrogen-bond donors (Lipinski definition) is 1. The lowest BCUT2D eigenvalue weighted by Crippen LogP contribution is -2.29. The van der Waals surface area contributed by atoms with Crippen molar-refractivity contribution in [2.45, 2.75) is 19.3 Å². The number of aromatic nitrogens is 4. The Hall–Kier alpha value is -3.17. The number of pyridine rings is 1. The predicted molar refractivity (Wildman–Crippen MR) is 106 cm³/mol. The van der Waals surface area contributed by atoms with Gasteiger partial charge in [0.1, 0.15) is 11.8 Å². The number of rotatable bonds is 5. The summed E-state index contributed by atoms with van der Waals surface area (Å²) in [6.07, 6.45) is -3.57. The minimum atomic E-state index is -4.93. The summed E-state index contributed by atoms with van der Waals surface area (Å²) in [6.45, 7) is 1.60. The number of ether oxygens (including phenoxy) is 1. The monoisotopic (exact) mass is 514 g/mol. The number of nitriles is 1. The van der Waals surface area contributed by atoms with Gasteiger partial charge in [0.15, 0.2) is 11.6 Å². The molecule has 3 aromatic rings. The number of carbonyl (C=O) groups is 1. The van der Waals surface area contributed by atoms with Crippen molar-refractivity contribution in [3.05, 3.63) is 63.2 Å². The summed E-state index contributed by atoms with van der Waals surface area (Å²) < 4.78 is 42.9. The number of hydrogen-bond acceptors (Lipinski definition) is 6. The van der Waals surface area contributed by atoms with Crippen LogP contribution in [0, 0.1) is 11.3 Å². The lowest BCUT2D eigenvalue weighted by Gasteiger charge is -2.15. The Labute approximate surface area is 186 Å². The molecule has 1 unspecified atom stereocenters. The maximum atomic E-state index is 12.6. The van der Waals surface area contributed by atoms with Crippen LogP contribution in [0.1, 0.15) is 34.7 Å². The highest BCUT2D eigenvalue weighted by molar-refractivity contribution is 9.10. The molecule has 0 aliphatic heterocycles. The van der Waals surface area contributed by atoms with Crippen molar-refractivity contribution in [1.82, 2.24) is 25.1 Å². The van der Waals surface area contributed by atoms with E-state index < -0.39 is 24.1 Å². The smallest absolute Gasteiger partial charge is 0.406 e. The van der Waals surface area contributed by atoms with Crippen molar-refractivity contribution in [1.29, 1.82) is 5.26 Å². The van der Waals surface area contributed by atoms with E-state index in [2.05, 4.69) is 41.1 Å². The highest BCUT2D eigenvalue weighted by Crippen LogP contribution is 2.27. The Morgan fingerprint density at radius 2 is 2.10 bits per heavy atom. The zero-order chi connectivity index (χ0) is 22.8. The number of halogens is 5. The second-order valence-corrected chi connectivity index (χ2v) is 7.23. The second-order valence-electron chi connectivity index (χ2n) is 6.09. The van der Waals surface area contributed by atoms with Gasteiger partial charge in [-0.25, -0.2) is 9.97 Å². The van der Waals surface area contributed by atoms with Gasteiger partial charge in [0.2, 0.25) is 4.73 Å². The van der Waals surface area contributed by atoms with Gasteiger partial charge in [-0.15, -0.1) is 18.3 Å². The summed E-state index contributed by atoms with van der Waals surface area (Å²) in [4.78, 5) is 21.0. The molecule has 160 valence electrons. The molecule has 0 radical (unpaired) electrons. The first-order valence-corrected chi connectivity index (χ1v) is 9.59. The van der Waals surface area contributed by atoms with E-state index in [1.807, 2.05) is 6.07 Å². The molecule has 8 nitrogen and oxygen atoms in total. The Balaban J connectivity index is 1.84. The fourth-order valence-corrected chi connectivity index (χ4v) is 3.12. The van der Waals surface area contributed by atoms with Crippen LogP contribution in [0.25, 0.3) is 5.82 Å². The van der Waals surface area contributed by atoms with Crippen molar-refractivity contribution in [2.24, 2.45) is 0 Å². The summed E-state index contributed by atoms with van der Waals surface area (Å²) in [5.74, 6) is -0.700. The van der Waals surface area contributed by atoms with Crippen LogP contribution in [0.3, 0.4) is 0 Å². The molecule has 0 saturated carbocycles. The topological polar surface area (TPSA) is 106 Å². The van der Waals surface area contributed by atoms with Crippen LogP contribution in [0.2, 0.25) is 5.02 Å². The molecule has 1 N–H and O–H groups in total. The molecule has 13 heteroatoms. The number of alkyl halides is 3. The normalized spacial score (nSPS) is 12.2. The predicted octanol–water partition coefficient (Wildman–Crippen LogP) is 4.34. The molecule has 1 aromatic carbocycles. The van der Waals surface area contributed by atoms with E-state index in [1.165, 1.54) is 16.9 Å². The van der Waals surface area contributed by atoms with E-state index in [9.17, 15) is 18.0 Å². The van der Waals surface area contributed by atoms with E-state index in [-0.39, 0.29) is 21.1 Å². The van der Waals surface area contributed by atoms with E-state index in [1.54, 1.807) is 19.1 Å². The molecule has 0 bridgehead atoms. The highest BCUT2D eigenvalue weighted by Gasteiger charge is 2.31. The van der Waals surface area contributed by atoms with Crippen LogP contribution in [0.4, 0.5) is 13.2 Å². The highest BCUT2D eigenvalue weighted by atomic mass is 79.9. The van der Waals surface area contributed by atoms with Gasteiger partial charge in [0.05, 0.1) is 11.6 Å². The van der Waals surface area contributed by atoms with Crippen molar-refractivity contribution in [3.63, 3.8) is 0 Å². The van der Waals surface area contributed by atoms with Crippen LogP contribution in [-0.4, -0.2) is 32.0 Å². The standard InChI is InChI=1S/C18H11BrClF3N6O2/c1-9(15-27-17(19)28-29(15)14-3-2-10(7-24)8-25-14)26-16(30)11-4-12(20)6-13(5-11)31-18(21,22)23/h2-6,8-9H,1H3,(H,26,30). The summed E-state index contributed by atoms with van der Waals surface area (Å²) in [5.41, 5.74) is 0.212. The minimum absolute atomic E-state index is 0.104. The van der Waals surface area contributed by atoms with Gasteiger partial charge in [0.25, 0.3) is 5.91 Å². The quantitative estimate of drug-likeness (QED) is 0.542. The average Bonchev–Trinajstić information content (AvgIpc) is 3.08. The van der Waals surface area contributed by atoms with Crippen molar-refractivity contribution in [3.8, 4) is 17.6 Å². The summed E-state index contributed by atoms with van der Waals surface area (Å²) in [7, 11) is 0. The second kappa shape index (κ2) is 8.91. The van der Waals surface area contributed by atoms with Crippen LogP contribution >= 0.6 is 27.5 Å². The lowest BCUT2D eigenvalue weighted by atomic mass is 10.2. The largest absolute Gasteiger partial charge is 0.573 e. The number of nitrogens with one attached hydrogen (secondary N) is 1. The zero-order valence-corrected chi connectivity index (χ0v) is 17.8. The maximum absolute atomic E-state index is 12.6. The molecule has 0 aliphatic rings. The van der Waals surface area contributed by atoms with Crippen LogP contribution in [-0.2, 0) is 0 Å². The Morgan fingerprint density at radius 3 is 2.71 bits per heavy atom. The molecule has 0 saturated heterocycles.